The number of rotatable bonds is 4. The minimum atomic E-state index is 0.217. The molecule has 0 saturated carbocycles. The Hall–Kier alpha value is -0.760. The molecular weight excluding hydrogens is 186 g/mol. The zero-order valence-corrected chi connectivity index (χ0v) is 8.71. The van der Waals surface area contributed by atoms with Gasteiger partial charge in [-0.2, -0.15) is 0 Å². The lowest BCUT2D eigenvalue weighted by molar-refractivity contribution is 0.208. The van der Waals surface area contributed by atoms with Crippen LogP contribution in [0.25, 0.3) is 0 Å². The lowest BCUT2D eigenvalue weighted by Crippen LogP contribution is -2.10. The van der Waals surface area contributed by atoms with Crippen LogP contribution in [-0.4, -0.2) is 11.1 Å². The van der Waals surface area contributed by atoms with Crippen LogP contribution in [-0.2, 0) is 5.88 Å². The Morgan fingerprint density at radius 2 is 2.31 bits per heavy atom. The maximum atomic E-state index is 5.63. The molecule has 1 unspecified atom stereocenters. The van der Waals surface area contributed by atoms with Gasteiger partial charge in [0.15, 0.2) is 0 Å². The fourth-order valence-corrected chi connectivity index (χ4v) is 1.01. The predicted octanol–water partition coefficient (Wildman–Crippen LogP) is 3.00. The van der Waals surface area contributed by atoms with Gasteiger partial charge in [0.1, 0.15) is 0 Å². The van der Waals surface area contributed by atoms with Gasteiger partial charge < -0.3 is 4.74 Å². The highest BCUT2D eigenvalue weighted by Gasteiger charge is 2.01. The molecule has 0 N–H and O–H groups in total. The van der Waals surface area contributed by atoms with E-state index in [1.54, 1.807) is 6.20 Å². The first-order chi connectivity index (χ1) is 6.26. The highest BCUT2D eigenvalue weighted by molar-refractivity contribution is 6.17. The molecule has 0 saturated heterocycles. The predicted molar refractivity (Wildman–Crippen MR) is 54.2 cm³/mol. The Balaban J connectivity index is 2.58. The Labute approximate surface area is 83.9 Å². The molecule has 0 spiro atoms. The van der Waals surface area contributed by atoms with Gasteiger partial charge in [-0.05, 0) is 18.9 Å². The molecule has 0 aliphatic rings. The third-order valence-electron chi connectivity index (χ3n) is 1.85. The standard InChI is InChI=1S/C10H14ClNO/c1-3-8(2)13-10-5-4-9(6-11)7-12-10/h4-5,7-8H,3,6H2,1-2H3. The third kappa shape index (κ3) is 3.23. The van der Waals surface area contributed by atoms with Crippen LogP contribution in [0.2, 0.25) is 0 Å². The molecule has 1 aromatic rings. The molecule has 2 nitrogen and oxygen atoms in total. The first-order valence-electron chi connectivity index (χ1n) is 4.43. The van der Waals surface area contributed by atoms with Crippen LogP contribution in [0.4, 0.5) is 0 Å². The zero-order valence-electron chi connectivity index (χ0n) is 7.96. The summed E-state index contributed by atoms with van der Waals surface area (Å²) < 4.78 is 5.51. The van der Waals surface area contributed by atoms with Crippen LogP contribution >= 0.6 is 11.6 Å². The van der Waals surface area contributed by atoms with Crippen molar-refractivity contribution in [1.82, 2.24) is 4.98 Å². The minimum absolute atomic E-state index is 0.217. The summed E-state index contributed by atoms with van der Waals surface area (Å²) >= 11 is 5.63. The molecule has 1 aromatic heterocycles. The largest absolute Gasteiger partial charge is 0.475 e. The van der Waals surface area contributed by atoms with E-state index in [0.717, 1.165) is 12.0 Å². The van der Waals surface area contributed by atoms with E-state index in [1.807, 2.05) is 19.1 Å². The molecule has 0 aliphatic heterocycles. The average Bonchev–Trinajstić information content (AvgIpc) is 2.19. The van der Waals surface area contributed by atoms with Gasteiger partial charge >= 0.3 is 0 Å². The van der Waals surface area contributed by atoms with Crippen LogP contribution < -0.4 is 4.74 Å². The SMILES string of the molecule is CCC(C)Oc1ccc(CCl)cn1. The van der Waals surface area contributed by atoms with E-state index in [-0.39, 0.29) is 6.10 Å². The zero-order chi connectivity index (χ0) is 9.68. The molecule has 72 valence electrons. The topological polar surface area (TPSA) is 22.1 Å². The number of ether oxygens (including phenoxy) is 1. The van der Waals surface area contributed by atoms with E-state index in [4.69, 9.17) is 16.3 Å². The molecule has 0 radical (unpaired) electrons. The Morgan fingerprint density at radius 3 is 2.77 bits per heavy atom. The van der Waals surface area contributed by atoms with Gasteiger partial charge in [0.2, 0.25) is 5.88 Å². The second-order valence-corrected chi connectivity index (χ2v) is 3.24. The van der Waals surface area contributed by atoms with Gasteiger partial charge in [-0.15, -0.1) is 11.6 Å². The monoisotopic (exact) mass is 199 g/mol. The molecule has 0 bridgehead atoms. The van der Waals surface area contributed by atoms with Crippen LogP contribution in [0.3, 0.4) is 0 Å². The van der Waals surface area contributed by atoms with Gasteiger partial charge in [0.25, 0.3) is 0 Å². The molecule has 0 aromatic carbocycles. The van der Waals surface area contributed by atoms with Crippen LogP contribution in [0.5, 0.6) is 5.88 Å². The van der Waals surface area contributed by atoms with Crippen molar-refractivity contribution in [1.29, 1.82) is 0 Å². The number of pyridine rings is 1. The summed E-state index contributed by atoms with van der Waals surface area (Å²) in [4.78, 5) is 4.13. The normalized spacial score (nSPS) is 12.5. The maximum absolute atomic E-state index is 5.63. The average molecular weight is 200 g/mol. The maximum Gasteiger partial charge on any atom is 0.213 e. The number of aromatic nitrogens is 1. The Kier molecular flexibility index (Phi) is 4.03. The number of nitrogens with zero attached hydrogens (tertiary/aromatic N) is 1. The molecule has 1 atom stereocenters. The molecular formula is C10H14ClNO. The van der Waals surface area contributed by atoms with Gasteiger partial charge in [-0.25, -0.2) is 4.98 Å². The number of hydrogen-bond donors (Lipinski definition) is 0. The number of alkyl halides is 1. The first-order valence-corrected chi connectivity index (χ1v) is 4.97. The molecule has 0 fully saturated rings. The highest BCUT2D eigenvalue weighted by atomic mass is 35.5. The van der Waals surface area contributed by atoms with Gasteiger partial charge in [0, 0.05) is 18.1 Å². The second kappa shape index (κ2) is 5.07. The summed E-state index contributed by atoms with van der Waals surface area (Å²) in [5.41, 5.74) is 1.01. The number of halogens is 1. The molecule has 3 heteroatoms. The smallest absolute Gasteiger partial charge is 0.213 e. The van der Waals surface area contributed by atoms with E-state index in [9.17, 15) is 0 Å². The van der Waals surface area contributed by atoms with E-state index in [0.29, 0.717) is 11.8 Å². The quantitative estimate of drug-likeness (QED) is 0.696. The summed E-state index contributed by atoms with van der Waals surface area (Å²) in [7, 11) is 0. The summed E-state index contributed by atoms with van der Waals surface area (Å²) in [5.74, 6) is 1.17. The van der Waals surface area contributed by atoms with Crippen molar-refractivity contribution < 1.29 is 4.74 Å². The number of hydrogen-bond acceptors (Lipinski definition) is 2. The van der Waals surface area contributed by atoms with Gasteiger partial charge in [0.05, 0.1) is 6.10 Å². The lowest BCUT2D eigenvalue weighted by atomic mass is 10.3. The van der Waals surface area contributed by atoms with E-state index in [2.05, 4.69) is 11.9 Å². The van der Waals surface area contributed by atoms with Gasteiger partial charge in [-0.3, -0.25) is 0 Å². The van der Waals surface area contributed by atoms with E-state index < -0.39 is 0 Å². The Bertz CT molecular complexity index is 248. The lowest BCUT2D eigenvalue weighted by Gasteiger charge is -2.10. The van der Waals surface area contributed by atoms with Crippen LogP contribution in [0, 0.1) is 0 Å². The van der Waals surface area contributed by atoms with Crippen molar-refractivity contribution in [2.45, 2.75) is 32.3 Å². The summed E-state index contributed by atoms with van der Waals surface area (Å²) in [6.07, 6.45) is 2.94. The van der Waals surface area contributed by atoms with Crippen molar-refractivity contribution in [3.8, 4) is 5.88 Å². The van der Waals surface area contributed by atoms with Crippen molar-refractivity contribution in [3.05, 3.63) is 23.9 Å². The Morgan fingerprint density at radius 1 is 1.54 bits per heavy atom. The first kappa shape index (κ1) is 10.3. The van der Waals surface area contributed by atoms with Crippen LogP contribution in [0.15, 0.2) is 18.3 Å². The molecule has 0 aliphatic carbocycles. The van der Waals surface area contributed by atoms with Crippen molar-refractivity contribution in [2.24, 2.45) is 0 Å². The summed E-state index contributed by atoms with van der Waals surface area (Å²) in [6, 6.07) is 3.78. The molecule has 0 amide bonds. The highest BCUT2D eigenvalue weighted by Crippen LogP contribution is 2.11. The summed E-state index contributed by atoms with van der Waals surface area (Å²) in [6.45, 7) is 4.11. The second-order valence-electron chi connectivity index (χ2n) is 2.98. The fourth-order valence-electron chi connectivity index (χ4n) is 0.849. The van der Waals surface area contributed by atoms with E-state index >= 15 is 0 Å². The van der Waals surface area contributed by atoms with Crippen molar-refractivity contribution in [2.75, 3.05) is 0 Å². The molecule has 1 heterocycles. The molecule has 13 heavy (non-hydrogen) atoms. The third-order valence-corrected chi connectivity index (χ3v) is 2.16. The van der Waals surface area contributed by atoms with Crippen molar-refractivity contribution >= 4 is 11.6 Å². The van der Waals surface area contributed by atoms with Crippen LogP contribution in [0.1, 0.15) is 25.8 Å². The molecule has 1 rings (SSSR count). The summed E-state index contributed by atoms with van der Waals surface area (Å²) in [5, 5.41) is 0. The minimum Gasteiger partial charge on any atom is -0.475 e. The van der Waals surface area contributed by atoms with E-state index in [1.165, 1.54) is 0 Å². The van der Waals surface area contributed by atoms with Gasteiger partial charge in [-0.1, -0.05) is 13.0 Å². The van der Waals surface area contributed by atoms with Crippen molar-refractivity contribution in [3.63, 3.8) is 0 Å². The fraction of sp³-hybridized carbons (Fsp3) is 0.500.